The number of Topliss-reactive ketones (excluding diaryl/α,β-unsaturated/α-hetero) is 2. The van der Waals surface area contributed by atoms with Gasteiger partial charge in [-0.3, -0.25) is 19.6 Å². The van der Waals surface area contributed by atoms with Crippen LogP contribution in [0.25, 0.3) is 0 Å². The fraction of sp³-hybridized carbons (Fsp3) is 0.797. The van der Waals surface area contributed by atoms with Crippen LogP contribution in [-0.4, -0.2) is 52.0 Å². The standard InChI is InChI=1S/C64H111N4O2/c1-7-11-15-19-23-27-31-35-39-43-47-67(48-44-40-36-32-28-24-20-16-12-8-2)59-53-65-57(51-55(59)5)61-63(69)62(64(61)70)58-52-56(6)60(54-66-58)68(49-45-41-37-33-29-25-21-17-13-9-3)50-46-42-38-34-30-26-22-18-14-10-4/h47,51-54,61-62H,7-46,48-50H2,1-6H3/q+1. The third-order valence-corrected chi connectivity index (χ3v) is 15.6. The molecule has 1 aliphatic rings. The van der Waals surface area contributed by atoms with Crippen molar-refractivity contribution in [2.75, 3.05) is 24.5 Å². The first kappa shape index (κ1) is 61.4. The summed E-state index contributed by atoms with van der Waals surface area (Å²) >= 11 is 0. The number of hydrogen-bond donors (Lipinski definition) is 0. The fourth-order valence-electron chi connectivity index (χ4n) is 10.9. The molecular formula is C64H111N4O2+. The van der Waals surface area contributed by atoms with Gasteiger partial charge in [-0.1, -0.05) is 246 Å². The van der Waals surface area contributed by atoms with Gasteiger partial charge >= 0.3 is 0 Å². The van der Waals surface area contributed by atoms with Gasteiger partial charge in [-0.05, 0) is 57.2 Å². The predicted octanol–water partition coefficient (Wildman–Crippen LogP) is 19.3. The number of ketones is 2. The molecule has 398 valence electrons. The third kappa shape index (κ3) is 25.2. The summed E-state index contributed by atoms with van der Waals surface area (Å²) in [4.78, 5) is 40.2. The summed E-state index contributed by atoms with van der Waals surface area (Å²) in [6, 6.07) is 4.05. The van der Waals surface area contributed by atoms with Gasteiger partial charge in [0, 0.05) is 31.5 Å². The monoisotopic (exact) mass is 968 g/mol. The van der Waals surface area contributed by atoms with Gasteiger partial charge in [0.25, 0.3) is 0 Å². The Kier molecular flexibility index (Phi) is 35.6. The topological polar surface area (TPSA) is 66.2 Å². The van der Waals surface area contributed by atoms with Gasteiger partial charge in [-0.15, -0.1) is 0 Å². The van der Waals surface area contributed by atoms with Crippen LogP contribution in [0.5, 0.6) is 0 Å². The summed E-state index contributed by atoms with van der Waals surface area (Å²) < 4.78 is 2.43. The first-order chi connectivity index (χ1) is 34.4. The van der Waals surface area contributed by atoms with Crippen LogP contribution in [0, 0.1) is 13.8 Å². The Morgan fingerprint density at radius 1 is 0.429 bits per heavy atom. The van der Waals surface area contributed by atoms with Crippen LogP contribution < -0.4 is 4.90 Å². The molecule has 0 amide bonds. The van der Waals surface area contributed by atoms with Gasteiger partial charge in [-0.25, -0.2) is 4.58 Å². The lowest BCUT2D eigenvalue weighted by Crippen LogP contribution is -2.45. The molecule has 1 saturated carbocycles. The summed E-state index contributed by atoms with van der Waals surface area (Å²) in [5, 5.41) is 0. The minimum absolute atomic E-state index is 0.0592. The Balaban J connectivity index is 1.62. The van der Waals surface area contributed by atoms with E-state index in [1.54, 1.807) is 0 Å². The zero-order valence-electron chi connectivity index (χ0n) is 47.1. The van der Waals surface area contributed by atoms with Crippen molar-refractivity contribution in [3.63, 3.8) is 0 Å². The van der Waals surface area contributed by atoms with Crippen molar-refractivity contribution in [3.8, 4) is 0 Å². The van der Waals surface area contributed by atoms with Crippen molar-refractivity contribution < 1.29 is 14.2 Å². The summed E-state index contributed by atoms with van der Waals surface area (Å²) in [6.45, 7) is 16.5. The third-order valence-electron chi connectivity index (χ3n) is 15.6. The van der Waals surface area contributed by atoms with E-state index < -0.39 is 11.8 Å². The first-order valence-corrected chi connectivity index (χ1v) is 30.7. The van der Waals surface area contributed by atoms with Gasteiger partial charge < -0.3 is 4.90 Å². The number of carbonyl (C=O) groups is 2. The van der Waals surface area contributed by atoms with Crippen molar-refractivity contribution in [1.82, 2.24) is 9.97 Å². The van der Waals surface area contributed by atoms with Crippen molar-refractivity contribution in [2.24, 2.45) is 0 Å². The van der Waals surface area contributed by atoms with E-state index in [1.807, 2.05) is 24.5 Å². The molecule has 0 aliphatic heterocycles. The number of rotatable bonds is 47. The molecule has 3 rings (SSSR count). The molecule has 6 nitrogen and oxygen atoms in total. The molecule has 2 heterocycles. The van der Waals surface area contributed by atoms with Crippen molar-refractivity contribution in [1.29, 1.82) is 0 Å². The Labute approximate surface area is 433 Å². The zero-order chi connectivity index (χ0) is 50.3. The molecule has 0 saturated heterocycles. The summed E-state index contributed by atoms with van der Waals surface area (Å²) in [5.41, 5.74) is 5.68. The smallest absolute Gasteiger partial charge is 0.226 e. The van der Waals surface area contributed by atoms with Gasteiger partial charge in [0.2, 0.25) is 5.69 Å². The number of nitrogens with zero attached hydrogens (tertiary/aromatic N) is 4. The van der Waals surface area contributed by atoms with E-state index in [1.165, 1.54) is 244 Å². The van der Waals surface area contributed by atoms with E-state index in [-0.39, 0.29) is 11.6 Å². The number of pyridine rings is 2. The SMILES string of the molecule is CCCCCCCCCCCC=[N+](CCCCCCCCCCCC)c1cnc(C2C(=O)C(c3cc(C)c(N(CCCCCCCCCCCC)CCCCCCCCCCCC)cn3)C2=O)cc1C. The second kappa shape index (κ2) is 40.6. The largest absolute Gasteiger partial charge is 0.370 e. The zero-order valence-corrected chi connectivity index (χ0v) is 47.1. The van der Waals surface area contributed by atoms with Crippen LogP contribution in [0.1, 0.15) is 319 Å². The van der Waals surface area contributed by atoms with E-state index in [0.717, 1.165) is 55.0 Å². The first-order valence-electron chi connectivity index (χ1n) is 30.7. The summed E-state index contributed by atoms with van der Waals surface area (Å²) in [7, 11) is 0. The fourth-order valence-corrected chi connectivity index (χ4v) is 10.9. The maximum Gasteiger partial charge on any atom is 0.226 e. The molecule has 0 bridgehead atoms. The molecule has 1 aliphatic carbocycles. The molecular weight excluding hydrogens is 857 g/mol. The number of unbranched alkanes of at least 4 members (excludes halogenated alkanes) is 36. The number of aryl methyl sites for hydroxylation is 2. The molecule has 70 heavy (non-hydrogen) atoms. The molecule has 0 atom stereocenters. The second-order valence-corrected chi connectivity index (χ2v) is 22.0. The lowest BCUT2D eigenvalue weighted by molar-refractivity contribution is -0.438. The van der Waals surface area contributed by atoms with E-state index >= 15 is 0 Å². The Morgan fingerprint density at radius 2 is 0.757 bits per heavy atom. The van der Waals surface area contributed by atoms with Crippen LogP contribution in [0.3, 0.4) is 0 Å². The quantitative estimate of drug-likeness (QED) is 0.0286. The molecule has 0 aromatic carbocycles. The number of aromatic nitrogens is 2. The Morgan fingerprint density at radius 3 is 1.13 bits per heavy atom. The molecule has 2 aromatic heterocycles. The lowest BCUT2D eigenvalue weighted by atomic mass is 9.68. The molecule has 0 spiro atoms. The summed E-state index contributed by atoms with van der Waals surface area (Å²) in [6.07, 6.45) is 59.3. The van der Waals surface area contributed by atoms with Crippen LogP contribution in [-0.2, 0) is 9.59 Å². The molecule has 0 unspecified atom stereocenters. The van der Waals surface area contributed by atoms with Gasteiger partial charge in [0.05, 0.1) is 29.5 Å². The van der Waals surface area contributed by atoms with Gasteiger partial charge in [0.1, 0.15) is 24.6 Å². The highest BCUT2D eigenvalue weighted by Gasteiger charge is 2.52. The van der Waals surface area contributed by atoms with E-state index in [2.05, 4.69) is 57.2 Å². The van der Waals surface area contributed by atoms with Crippen LogP contribution in [0.4, 0.5) is 11.4 Å². The van der Waals surface area contributed by atoms with Crippen molar-refractivity contribution >= 4 is 29.2 Å². The van der Waals surface area contributed by atoms with E-state index in [9.17, 15) is 9.59 Å². The predicted molar refractivity (Wildman–Crippen MR) is 304 cm³/mol. The average molecular weight is 969 g/mol. The average Bonchev–Trinajstić information content (AvgIpc) is 3.35. The van der Waals surface area contributed by atoms with Crippen LogP contribution in [0.2, 0.25) is 0 Å². The number of anilines is 1. The highest BCUT2D eigenvalue weighted by Crippen LogP contribution is 2.41. The van der Waals surface area contributed by atoms with Crippen LogP contribution >= 0.6 is 0 Å². The minimum atomic E-state index is -0.801. The molecule has 6 heteroatoms. The second-order valence-electron chi connectivity index (χ2n) is 22.0. The number of hydrogen-bond acceptors (Lipinski definition) is 5. The van der Waals surface area contributed by atoms with E-state index in [0.29, 0.717) is 11.4 Å². The van der Waals surface area contributed by atoms with E-state index in [4.69, 9.17) is 9.97 Å². The summed E-state index contributed by atoms with van der Waals surface area (Å²) in [5.74, 6) is -1.72. The van der Waals surface area contributed by atoms with Crippen molar-refractivity contribution in [2.45, 2.75) is 310 Å². The van der Waals surface area contributed by atoms with Crippen LogP contribution in [0.15, 0.2) is 24.5 Å². The highest BCUT2D eigenvalue weighted by molar-refractivity contribution is 6.30. The molecule has 0 N–H and O–H groups in total. The van der Waals surface area contributed by atoms with Gasteiger partial charge in [-0.2, -0.15) is 0 Å². The van der Waals surface area contributed by atoms with Gasteiger partial charge in [0.15, 0.2) is 11.6 Å². The molecule has 1 fully saturated rings. The maximum absolute atomic E-state index is 14.0. The Hall–Kier alpha value is -2.89. The Bertz CT molecular complexity index is 1630. The highest BCUT2D eigenvalue weighted by atomic mass is 16.2. The van der Waals surface area contributed by atoms with Crippen molar-refractivity contribution in [3.05, 3.63) is 47.0 Å². The lowest BCUT2D eigenvalue weighted by Gasteiger charge is -2.32. The normalized spacial score (nSPS) is 15.0. The molecule has 2 aromatic rings. The minimum Gasteiger partial charge on any atom is -0.370 e. The molecule has 0 radical (unpaired) electrons. The maximum atomic E-state index is 14.0. The number of carbonyl (C=O) groups excluding carboxylic acids is 2.